The summed E-state index contributed by atoms with van der Waals surface area (Å²) in [6.45, 7) is 4.52. The molecule has 1 amide bonds. The molecule has 0 aliphatic carbocycles. The first-order valence-electron chi connectivity index (χ1n) is 10.0. The summed E-state index contributed by atoms with van der Waals surface area (Å²) in [6.07, 6.45) is 1.53. The quantitative estimate of drug-likeness (QED) is 0.494. The van der Waals surface area contributed by atoms with Gasteiger partial charge in [-0.15, -0.1) is 5.10 Å². The molecule has 0 bridgehead atoms. The monoisotopic (exact) mass is 433 g/mol. The number of amides is 1. The van der Waals surface area contributed by atoms with Crippen molar-refractivity contribution in [3.8, 4) is 5.69 Å². The molecule has 0 spiro atoms. The van der Waals surface area contributed by atoms with Gasteiger partial charge in [0.15, 0.2) is 17.0 Å². The van der Waals surface area contributed by atoms with E-state index in [2.05, 4.69) is 25.2 Å². The maximum Gasteiger partial charge on any atom is 0.254 e. The number of nitrogens with zero attached hydrogens (tertiary/aromatic N) is 7. The topological polar surface area (TPSA) is 80.0 Å². The number of carbonyl (C=O) groups is 1. The summed E-state index contributed by atoms with van der Waals surface area (Å²) >= 11 is 5.99. The second kappa shape index (κ2) is 7.96. The Morgan fingerprint density at radius 3 is 2.45 bits per heavy atom. The Balaban J connectivity index is 1.37. The largest absolute Gasteiger partial charge is 0.351 e. The number of anilines is 1. The summed E-state index contributed by atoms with van der Waals surface area (Å²) < 4.78 is 1.68. The van der Waals surface area contributed by atoms with E-state index in [1.165, 1.54) is 6.33 Å². The number of fused-ring (bicyclic) bond motifs is 1. The molecule has 1 aliphatic heterocycles. The van der Waals surface area contributed by atoms with Gasteiger partial charge in [0.05, 0.1) is 5.69 Å². The van der Waals surface area contributed by atoms with Crippen molar-refractivity contribution in [3.05, 3.63) is 71.0 Å². The Kier molecular flexibility index (Phi) is 4.99. The molecular weight excluding hydrogens is 414 g/mol. The number of rotatable bonds is 3. The summed E-state index contributed by atoms with van der Waals surface area (Å²) in [5, 5.41) is 9.27. The van der Waals surface area contributed by atoms with Crippen molar-refractivity contribution in [2.75, 3.05) is 31.1 Å². The van der Waals surface area contributed by atoms with Gasteiger partial charge in [-0.25, -0.2) is 9.97 Å². The summed E-state index contributed by atoms with van der Waals surface area (Å²) in [5.41, 5.74) is 3.84. The predicted octanol–water partition coefficient (Wildman–Crippen LogP) is 3.13. The van der Waals surface area contributed by atoms with E-state index in [1.54, 1.807) is 16.8 Å². The van der Waals surface area contributed by atoms with E-state index < -0.39 is 0 Å². The lowest BCUT2D eigenvalue weighted by molar-refractivity contribution is 0.0746. The fraction of sp³-hybridized carbons (Fsp3) is 0.227. The van der Waals surface area contributed by atoms with E-state index in [9.17, 15) is 4.79 Å². The van der Waals surface area contributed by atoms with Gasteiger partial charge in [-0.3, -0.25) is 4.79 Å². The van der Waals surface area contributed by atoms with Crippen LogP contribution < -0.4 is 4.90 Å². The molecule has 31 heavy (non-hydrogen) atoms. The molecule has 1 fully saturated rings. The van der Waals surface area contributed by atoms with E-state index in [0.717, 1.165) is 22.6 Å². The van der Waals surface area contributed by atoms with Crippen molar-refractivity contribution in [2.24, 2.45) is 0 Å². The highest BCUT2D eigenvalue weighted by Crippen LogP contribution is 2.24. The number of halogens is 1. The van der Waals surface area contributed by atoms with Gasteiger partial charge >= 0.3 is 0 Å². The molecule has 1 saturated heterocycles. The number of aromatic nitrogens is 5. The lowest BCUT2D eigenvalue weighted by Gasteiger charge is -2.35. The molecule has 156 valence electrons. The zero-order valence-electron chi connectivity index (χ0n) is 16.9. The lowest BCUT2D eigenvalue weighted by Crippen LogP contribution is -2.49. The molecule has 5 rings (SSSR count). The first-order valence-corrected chi connectivity index (χ1v) is 10.4. The minimum atomic E-state index is 0.0688. The zero-order valence-corrected chi connectivity index (χ0v) is 17.7. The first kappa shape index (κ1) is 19.4. The number of benzene rings is 2. The van der Waals surface area contributed by atoms with Crippen LogP contribution in [0.5, 0.6) is 0 Å². The maximum atomic E-state index is 12.9. The van der Waals surface area contributed by atoms with Gasteiger partial charge in [-0.1, -0.05) is 35.0 Å². The second-order valence-electron chi connectivity index (χ2n) is 7.44. The normalized spacial score (nSPS) is 14.3. The highest BCUT2D eigenvalue weighted by molar-refractivity contribution is 6.30. The van der Waals surface area contributed by atoms with E-state index >= 15 is 0 Å². The summed E-state index contributed by atoms with van der Waals surface area (Å²) in [5.74, 6) is 0.799. The van der Waals surface area contributed by atoms with Gasteiger partial charge in [0.2, 0.25) is 0 Å². The molecule has 1 aliphatic rings. The fourth-order valence-corrected chi connectivity index (χ4v) is 3.95. The molecule has 0 radical (unpaired) electrons. The van der Waals surface area contributed by atoms with Gasteiger partial charge in [0.1, 0.15) is 6.33 Å². The molecule has 8 nitrogen and oxygen atoms in total. The third kappa shape index (κ3) is 3.59. The smallest absolute Gasteiger partial charge is 0.254 e. The van der Waals surface area contributed by atoms with Crippen molar-refractivity contribution in [1.82, 2.24) is 29.9 Å². The third-order valence-electron chi connectivity index (χ3n) is 5.53. The molecule has 2 aromatic carbocycles. The van der Waals surface area contributed by atoms with E-state index in [-0.39, 0.29) is 5.91 Å². The minimum absolute atomic E-state index is 0.0688. The number of carbonyl (C=O) groups excluding carboxylic acids is 1. The lowest BCUT2D eigenvalue weighted by atomic mass is 10.1. The Bertz CT molecular complexity index is 1250. The van der Waals surface area contributed by atoms with Gasteiger partial charge in [0.25, 0.3) is 5.91 Å². The van der Waals surface area contributed by atoms with Crippen LogP contribution in [-0.4, -0.2) is 61.9 Å². The Morgan fingerprint density at radius 2 is 1.71 bits per heavy atom. The van der Waals surface area contributed by atoms with E-state index in [4.69, 9.17) is 11.6 Å². The van der Waals surface area contributed by atoms with Crippen LogP contribution in [-0.2, 0) is 0 Å². The molecule has 0 atom stereocenters. The van der Waals surface area contributed by atoms with Crippen LogP contribution in [0.1, 0.15) is 15.9 Å². The van der Waals surface area contributed by atoms with Crippen LogP contribution >= 0.6 is 11.6 Å². The number of hydrogen-bond acceptors (Lipinski definition) is 6. The highest BCUT2D eigenvalue weighted by atomic mass is 35.5. The molecule has 0 saturated carbocycles. The molecule has 9 heteroatoms. The predicted molar refractivity (Wildman–Crippen MR) is 119 cm³/mol. The zero-order chi connectivity index (χ0) is 21.4. The van der Waals surface area contributed by atoms with Gasteiger partial charge in [0, 0.05) is 36.8 Å². The molecule has 2 aromatic heterocycles. The standard InChI is InChI=1S/C22H20ClN7O/c1-15-4-2-3-5-18(15)22(31)29-12-10-28(11-13-29)20-19-21(25-14-24-20)30(27-26-19)17-8-6-16(23)7-9-17/h2-9,14H,10-13H2,1H3. The second-order valence-corrected chi connectivity index (χ2v) is 7.88. The van der Waals surface area contributed by atoms with Crippen molar-refractivity contribution in [2.45, 2.75) is 6.92 Å². The van der Waals surface area contributed by atoms with Crippen LogP contribution in [0.3, 0.4) is 0 Å². The summed E-state index contributed by atoms with van der Waals surface area (Å²) in [7, 11) is 0. The fourth-order valence-electron chi connectivity index (χ4n) is 3.83. The van der Waals surface area contributed by atoms with Crippen LogP contribution in [0, 0.1) is 6.92 Å². The maximum absolute atomic E-state index is 12.9. The molecule has 4 aromatic rings. The Labute approximate surface area is 184 Å². The molecule has 3 heterocycles. The van der Waals surface area contributed by atoms with Crippen molar-refractivity contribution in [1.29, 1.82) is 0 Å². The molecular formula is C22H20ClN7O. The van der Waals surface area contributed by atoms with Gasteiger partial charge in [-0.2, -0.15) is 4.68 Å². The minimum Gasteiger partial charge on any atom is -0.351 e. The average Bonchev–Trinajstić information content (AvgIpc) is 3.24. The average molecular weight is 434 g/mol. The number of aryl methyl sites for hydroxylation is 1. The third-order valence-corrected chi connectivity index (χ3v) is 5.78. The molecule has 0 unspecified atom stereocenters. The number of hydrogen-bond donors (Lipinski definition) is 0. The van der Waals surface area contributed by atoms with Crippen LogP contribution in [0.4, 0.5) is 5.82 Å². The summed E-state index contributed by atoms with van der Waals surface area (Å²) in [6, 6.07) is 15.0. The van der Waals surface area contributed by atoms with Crippen LogP contribution in [0.2, 0.25) is 5.02 Å². The van der Waals surface area contributed by atoms with Crippen LogP contribution in [0.25, 0.3) is 16.9 Å². The SMILES string of the molecule is Cc1ccccc1C(=O)N1CCN(c2ncnc3c2nnn3-c2ccc(Cl)cc2)CC1. The number of piperazine rings is 1. The van der Waals surface area contributed by atoms with E-state index in [1.807, 2.05) is 48.2 Å². The van der Waals surface area contributed by atoms with Crippen molar-refractivity contribution in [3.63, 3.8) is 0 Å². The van der Waals surface area contributed by atoms with Crippen molar-refractivity contribution < 1.29 is 4.79 Å². The van der Waals surface area contributed by atoms with Crippen molar-refractivity contribution >= 4 is 34.5 Å². The Morgan fingerprint density at radius 1 is 0.968 bits per heavy atom. The highest BCUT2D eigenvalue weighted by Gasteiger charge is 2.26. The Hall–Kier alpha value is -3.52. The summed E-state index contributed by atoms with van der Waals surface area (Å²) in [4.78, 5) is 25.8. The van der Waals surface area contributed by atoms with E-state index in [0.29, 0.717) is 42.4 Å². The van der Waals surface area contributed by atoms with Gasteiger partial charge < -0.3 is 9.80 Å². The van der Waals surface area contributed by atoms with Crippen LogP contribution in [0.15, 0.2) is 54.9 Å². The molecule has 0 N–H and O–H groups in total. The van der Waals surface area contributed by atoms with Gasteiger partial charge in [-0.05, 0) is 42.8 Å². The first-order chi connectivity index (χ1) is 15.1.